The van der Waals surface area contributed by atoms with Gasteiger partial charge in [-0.3, -0.25) is 0 Å². The lowest BCUT2D eigenvalue weighted by Crippen LogP contribution is -2.39. The summed E-state index contributed by atoms with van der Waals surface area (Å²) in [7, 11) is 6.46. The molecule has 0 fully saturated rings. The van der Waals surface area contributed by atoms with Crippen LogP contribution in [0, 0.1) is 0 Å². The van der Waals surface area contributed by atoms with Crippen LogP contribution in [-0.4, -0.2) is 4.93 Å². The summed E-state index contributed by atoms with van der Waals surface area (Å²) in [5, 5.41) is 0. The molecule has 4 heteroatoms. The normalized spacial score (nSPS) is 19.6. The molecular weight excluding hydrogens is 404 g/mol. The van der Waals surface area contributed by atoms with Crippen LogP contribution in [0.2, 0.25) is 0 Å². The highest BCUT2D eigenvalue weighted by atomic mass is 35.7. The van der Waals surface area contributed by atoms with E-state index in [9.17, 15) is 0 Å². The van der Waals surface area contributed by atoms with Crippen molar-refractivity contribution >= 4 is 32.0 Å². The highest BCUT2D eigenvalue weighted by molar-refractivity contribution is 8.19. The Labute approximate surface area is 177 Å². The fraction of sp³-hybridized carbons (Fsp3) is 0.0833. The Kier molecular flexibility index (Phi) is 6.28. The van der Waals surface area contributed by atoms with Gasteiger partial charge in [-0.25, -0.2) is 0 Å². The molecule has 0 radical (unpaired) electrons. The summed E-state index contributed by atoms with van der Waals surface area (Å²) in [6.45, 7) is 0. The van der Waals surface area contributed by atoms with Crippen molar-refractivity contribution in [2.45, 2.75) is 26.0 Å². The lowest BCUT2D eigenvalue weighted by atomic mass is 10.1. The van der Waals surface area contributed by atoms with Gasteiger partial charge in [-0.2, -0.15) is 0 Å². The molecule has 1 aliphatic rings. The van der Waals surface area contributed by atoms with Crippen molar-refractivity contribution in [3.05, 3.63) is 115 Å². The highest BCUT2D eigenvalue weighted by Gasteiger charge is 2.55. The maximum absolute atomic E-state index is 7.08. The molecule has 0 aliphatic heterocycles. The predicted molar refractivity (Wildman–Crippen MR) is 121 cm³/mol. The van der Waals surface area contributed by atoms with E-state index < -0.39 is 26.2 Å². The van der Waals surface area contributed by atoms with Gasteiger partial charge in [-0.15, -0.1) is 0 Å². The topological polar surface area (TPSA) is 9.23 Å². The lowest BCUT2D eigenvalue weighted by Gasteiger charge is -2.24. The Morgan fingerprint density at radius 3 is 1.64 bits per heavy atom. The van der Waals surface area contributed by atoms with Crippen molar-refractivity contribution in [1.29, 1.82) is 0 Å². The quantitative estimate of drug-likeness (QED) is 0.400. The van der Waals surface area contributed by atoms with Crippen molar-refractivity contribution in [1.82, 2.24) is 0 Å². The molecule has 28 heavy (non-hydrogen) atoms. The van der Waals surface area contributed by atoms with Gasteiger partial charge in [-0.1, -0.05) is 77.0 Å². The molecule has 0 aromatic heterocycles. The largest absolute Gasteiger partial charge is 0.323 e. The fourth-order valence-electron chi connectivity index (χ4n) is 3.01. The third-order valence-electron chi connectivity index (χ3n) is 4.39. The highest BCUT2D eigenvalue weighted by Crippen LogP contribution is 2.42. The first-order chi connectivity index (χ1) is 13.8. The van der Waals surface area contributed by atoms with E-state index in [4.69, 9.17) is 14.9 Å². The van der Waals surface area contributed by atoms with Gasteiger partial charge in [0.15, 0.2) is 35.5 Å². The smallest absolute Gasteiger partial charge is 0.0947 e. The van der Waals surface area contributed by atoms with E-state index in [0.717, 1.165) is 21.1 Å². The Hall–Kier alpha value is -1.91. The van der Waals surface area contributed by atoms with E-state index >= 15 is 0 Å². The zero-order valence-electron chi connectivity index (χ0n) is 15.3. The molecule has 0 amide bonds. The second kappa shape index (κ2) is 9.06. The van der Waals surface area contributed by atoms with Crippen molar-refractivity contribution in [2.24, 2.45) is 0 Å². The molecule has 1 nitrogen and oxygen atoms in total. The van der Waals surface area contributed by atoms with E-state index in [1.165, 1.54) is 0 Å². The first-order valence-electron chi connectivity index (χ1n) is 9.12. The summed E-state index contributed by atoms with van der Waals surface area (Å²) in [6.07, 6.45) is 9.12. The Morgan fingerprint density at radius 2 is 1.18 bits per heavy atom. The number of rotatable bonds is 6. The van der Waals surface area contributed by atoms with E-state index in [1.807, 2.05) is 36.4 Å². The van der Waals surface area contributed by atoms with Gasteiger partial charge in [0.2, 0.25) is 11.2 Å². The molecule has 0 N–H and O–H groups in total. The Bertz CT molecular complexity index is 905. The average Bonchev–Trinajstić information content (AvgIpc) is 2.79. The summed E-state index contributed by atoms with van der Waals surface area (Å²) in [5.74, 6) is 0. The zero-order chi connectivity index (χ0) is 19.2. The monoisotopic (exact) mass is 424 g/mol. The SMILES string of the molecule is Cl[S+](c1ccccc1)C1(O[S+](c2ccccc2)c2ccccc2)C=CC=CC1. The first-order valence-corrected chi connectivity index (χ1v) is 12.3. The lowest BCUT2D eigenvalue weighted by molar-refractivity contribution is 0.248. The molecule has 0 saturated heterocycles. The van der Waals surface area contributed by atoms with Gasteiger partial charge in [-0.05, 0) is 36.4 Å². The number of halogens is 1. The molecule has 2 atom stereocenters. The summed E-state index contributed by atoms with van der Waals surface area (Å²) < 4.78 is 6.94. The maximum atomic E-state index is 7.08. The first kappa shape index (κ1) is 19.4. The minimum Gasteiger partial charge on any atom is -0.0947 e. The van der Waals surface area contributed by atoms with Gasteiger partial charge >= 0.3 is 4.93 Å². The zero-order valence-corrected chi connectivity index (χ0v) is 17.7. The number of hydrogen-bond donors (Lipinski definition) is 0. The van der Waals surface area contributed by atoms with Crippen LogP contribution >= 0.6 is 10.7 Å². The van der Waals surface area contributed by atoms with Gasteiger partial charge in [0.1, 0.15) is 0 Å². The van der Waals surface area contributed by atoms with Crippen LogP contribution in [0.3, 0.4) is 0 Å². The summed E-state index contributed by atoms with van der Waals surface area (Å²) in [6, 6.07) is 31.0. The second-order valence-corrected chi connectivity index (χ2v) is 10.6. The fourth-order valence-corrected chi connectivity index (χ4v) is 7.25. The summed E-state index contributed by atoms with van der Waals surface area (Å²) in [5.41, 5.74) is 0. The molecule has 2 unspecified atom stereocenters. The minimum atomic E-state index is -0.628. The molecule has 0 bridgehead atoms. The number of allylic oxidation sites excluding steroid dienone is 2. The van der Waals surface area contributed by atoms with Gasteiger partial charge in [0.05, 0.1) is 6.42 Å². The van der Waals surface area contributed by atoms with Crippen molar-refractivity contribution in [2.75, 3.05) is 0 Å². The van der Waals surface area contributed by atoms with Crippen LogP contribution < -0.4 is 0 Å². The van der Waals surface area contributed by atoms with Crippen LogP contribution in [0.1, 0.15) is 6.42 Å². The molecule has 4 rings (SSSR count). The van der Waals surface area contributed by atoms with Crippen molar-refractivity contribution in [3.63, 3.8) is 0 Å². The third-order valence-corrected chi connectivity index (χ3v) is 9.36. The molecule has 3 aromatic rings. The summed E-state index contributed by atoms with van der Waals surface area (Å²) in [4.78, 5) is 2.80. The standard InChI is InChI=1S/C24H21ClOS2/c25-28(23-17-9-3-10-18-23)24(19-11-4-12-20-24)26-27(21-13-5-1-6-14-21)22-15-7-2-8-16-22/h1-19H,20H2/q+2. The second-order valence-electron chi connectivity index (χ2n) is 6.35. The van der Waals surface area contributed by atoms with Crippen molar-refractivity contribution in [3.8, 4) is 0 Å². The van der Waals surface area contributed by atoms with Crippen LogP contribution in [0.15, 0.2) is 130 Å². The third kappa shape index (κ3) is 4.23. The van der Waals surface area contributed by atoms with Crippen LogP contribution in [0.5, 0.6) is 0 Å². The van der Waals surface area contributed by atoms with Crippen LogP contribution in [-0.2, 0) is 25.5 Å². The predicted octanol–water partition coefficient (Wildman–Crippen LogP) is 6.70. The van der Waals surface area contributed by atoms with Gasteiger partial charge < -0.3 is 0 Å². The van der Waals surface area contributed by atoms with E-state index in [0.29, 0.717) is 0 Å². The maximum Gasteiger partial charge on any atom is 0.323 e. The number of hydrogen-bond acceptors (Lipinski definition) is 1. The molecule has 140 valence electrons. The Balaban J connectivity index is 1.75. The number of benzene rings is 3. The molecular formula is C24H21ClOS2+2. The average molecular weight is 425 g/mol. The molecule has 1 aliphatic carbocycles. The molecule has 0 saturated carbocycles. The molecule has 0 heterocycles. The minimum absolute atomic E-state index is 0.545. The van der Waals surface area contributed by atoms with Crippen LogP contribution in [0.4, 0.5) is 0 Å². The Morgan fingerprint density at radius 1 is 0.679 bits per heavy atom. The van der Waals surface area contributed by atoms with Crippen LogP contribution in [0.25, 0.3) is 0 Å². The van der Waals surface area contributed by atoms with Gasteiger partial charge in [0.25, 0.3) is 0 Å². The van der Waals surface area contributed by atoms with E-state index in [-0.39, 0.29) is 0 Å². The molecule has 3 aromatic carbocycles. The van der Waals surface area contributed by atoms with E-state index in [1.54, 1.807) is 0 Å². The van der Waals surface area contributed by atoms with Gasteiger partial charge in [0, 0.05) is 6.08 Å². The van der Waals surface area contributed by atoms with E-state index in [2.05, 4.69) is 78.9 Å². The summed E-state index contributed by atoms with van der Waals surface area (Å²) >= 11 is -0.545. The molecule has 0 spiro atoms. The van der Waals surface area contributed by atoms with Crippen molar-refractivity contribution < 1.29 is 4.18 Å².